The van der Waals surface area contributed by atoms with E-state index in [4.69, 9.17) is 4.74 Å². The van der Waals surface area contributed by atoms with Gasteiger partial charge in [0.1, 0.15) is 17.4 Å². The minimum Gasteiger partial charge on any atom is -0.492 e. The van der Waals surface area contributed by atoms with E-state index in [0.717, 1.165) is 11.1 Å². The summed E-state index contributed by atoms with van der Waals surface area (Å²) >= 11 is 1.26. The SMILES string of the molecule is CC=CSCS(=O)(=O)N1CCOc2ccc(C(C)N(C)C(C)=O)cc2C1. The van der Waals surface area contributed by atoms with Crippen molar-refractivity contribution in [3.05, 3.63) is 40.8 Å². The summed E-state index contributed by atoms with van der Waals surface area (Å²) in [5, 5.41) is 1.78. The highest BCUT2D eigenvalue weighted by atomic mass is 32.3. The van der Waals surface area contributed by atoms with Crippen molar-refractivity contribution >= 4 is 27.7 Å². The van der Waals surface area contributed by atoms with Crippen molar-refractivity contribution < 1.29 is 17.9 Å². The van der Waals surface area contributed by atoms with Gasteiger partial charge in [0, 0.05) is 32.6 Å². The van der Waals surface area contributed by atoms with Crippen molar-refractivity contribution in [3.8, 4) is 5.75 Å². The van der Waals surface area contributed by atoms with Crippen LogP contribution in [0.2, 0.25) is 0 Å². The fourth-order valence-electron chi connectivity index (χ4n) is 2.68. The van der Waals surface area contributed by atoms with E-state index in [-0.39, 0.29) is 23.6 Å². The van der Waals surface area contributed by atoms with Crippen molar-refractivity contribution in [1.29, 1.82) is 0 Å². The molecule has 0 saturated heterocycles. The van der Waals surface area contributed by atoms with Crippen LogP contribution in [-0.4, -0.2) is 48.8 Å². The van der Waals surface area contributed by atoms with Gasteiger partial charge in [0.2, 0.25) is 15.9 Å². The Kier molecular flexibility index (Phi) is 7.14. The zero-order chi connectivity index (χ0) is 19.3. The number of amides is 1. The molecule has 2 rings (SSSR count). The van der Waals surface area contributed by atoms with E-state index >= 15 is 0 Å². The number of thioether (sulfide) groups is 1. The van der Waals surface area contributed by atoms with Crippen LogP contribution in [0.15, 0.2) is 29.7 Å². The molecule has 144 valence electrons. The van der Waals surface area contributed by atoms with Gasteiger partial charge in [-0.3, -0.25) is 4.79 Å². The van der Waals surface area contributed by atoms with Gasteiger partial charge < -0.3 is 9.64 Å². The molecule has 1 atom stereocenters. The summed E-state index contributed by atoms with van der Waals surface area (Å²) in [5.74, 6) is 0.680. The highest BCUT2D eigenvalue weighted by Crippen LogP contribution is 2.30. The fourth-order valence-corrected chi connectivity index (χ4v) is 5.16. The predicted molar refractivity (Wildman–Crippen MR) is 105 cm³/mol. The number of hydrogen-bond acceptors (Lipinski definition) is 5. The molecule has 1 heterocycles. The quantitative estimate of drug-likeness (QED) is 0.737. The van der Waals surface area contributed by atoms with Crippen molar-refractivity contribution in [2.24, 2.45) is 0 Å². The third kappa shape index (κ3) is 5.02. The average molecular weight is 399 g/mol. The van der Waals surface area contributed by atoms with E-state index in [9.17, 15) is 13.2 Å². The van der Waals surface area contributed by atoms with Crippen LogP contribution < -0.4 is 4.74 Å². The Bertz CT molecular complexity index is 777. The standard InChI is InChI=1S/C18H26N2O4S2/c1-5-10-25-13-26(22,23)20-8-9-24-18-7-6-16(11-17(18)12-20)14(2)19(4)15(3)21/h5-7,10-11,14H,8-9,12-13H2,1-4H3. The second kappa shape index (κ2) is 8.92. The van der Waals surface area contributed by atoms with Crippen molar-refractivity contribution in [2.75, 3.05) is 25.3 Å². The van der Waals surface area contributed by atoms with E-state index in [0.29, 0.717) is 18.9 Å². The number of sulfonamides is 1. The molecule has 6 nitrogen and oxygen atoms in total. The predicted octanol–water partition coefficient (Wildman–Crippen LogP) is 2.97. The van der Waals surface area contributed by atoms with Gasteiger partial charge >= 0.3 is 0 Å². The lowest BCUT2D eigenvalue weighted by atomic mass is 10.0. The normalized spacial score (nSPS) is 16.6. The lowest BCUT2D eigenvalue weighted by Crippen LogP contribution is -2.33. The van der Waals surface area contributed by atoms with E-state index in [1.165, 1.54) is 23.0 Å². The minimum atomic E-state index is -3.38. The summed E-state index contributed by atoms with van der Waals surface area (Å²) < 4.78 is 32.4. The number of rotatable bonds is 6. The van der Waals surface area contributed by atoms with Crippen molar-refractivity contribution in [2.45, 2.75) is 33.4 Å². The second-order valence-electron chi connectivity index (χ2n) is 6.22. The molecular weight excluding hydrogens is 372 g/mol. The smallest absolute Gasteiger partial charge is 0.224 e. The topological polar surface area (TPSA) is 66.9 Å². The molecule has 0 bridgehead atoms. The maximum Gasteiger partial charge on any atom is 0.224 e. The summed E-state index contributed by atoms with van der Waals surface area (Å²) in [5.41, 5.74) is 1.77. The third-order valence-corrected chi connectivity index (χ3v) is 7.73. The van der Waals surface area contributed by atoms with Crippen LogP contribution in [0.1, 0.15) is 37.9 Å². The van der Waals surface area contributed by atoms with Gasteiger partial charge in [-0.2, -0.15) is 4.31 Å². The molecule has 1 amide bonds. The van der Waals surface area contributed by atoms with Gasteiger partial charge in [-0.05, 0) is 37.0 Å². The number of allylic oxidation sites excluding steroid dienone is 1. The molecule has 1 aromatic carbocycles. The summed E-state index contributed by atoms with van der Waals surface area (Å²) in [7, 11) is -1.63. The minimum absolute atomic E-state index is 0.00976. The van der Waals surface area contributed by atoms with Crippen molar-refractivity contribution in [3.63, 3.8) is 0 Å². The zero-order valence-electron chi connectivity index (χ0n) is 15.6. The van der Waals surface area contributed by atoms with Crippen molar-refractivity contribution in [1.82, 2.24) is 9.21 Å². The third-order valence-electron chi connectivity index (χ3n) is 4.43. The van der Waals surface area contributed by atoms with Gasteiger partial charge in [-0.15, -0.1) is 11.8 Å². The molecular formula is C18H26N2O4S2. The maximum atomic E-state index is 12.6. The van der Waals surface area contributed by atoms with Crippen LogP contribution in [0.3, 0.4) is 0 Å². The van der Waals surface area contributed by atoms with Crippen LogP contribution in [0.4, 0.5) is 0 Å². The Morgan fingerprint density at radius 1 is 1.46 bits per heavy atom. The molecule has 0 N–H and O–H groups in total. The molecule has 26 heavy (non-hydrogen) atoms. The van der Waals surface area contributed by atoms with Crippen LogP contribution in [0.25, 0.3) is 0 Å². The number of benzene rings is 1. The molecule has 0 spiro atoms. The van der Waals surface area contributed by atoms with Gasteiger partial charge in [-0.1, -0.05) is 12.1 Å². The largest absolute Gasteiger partial charge is 0.492 e. The van der Waals surface area contributed by atoms with Crippen LogP contribution >= 0.6 is 11.8 Å². The van der Waals surface area contributed by atoms with Gasteiger partial charge in [0.25, 0.3) is 0 Å². The van der Waals surface area contributed by atoms with E-state index < -0.39 is 10.0 Å². The Labute approximate surface area is 160 Å². The molecule has 0 saturated carbocycles. The Balaban J connectivity index is 2.25. The maximum absolute atomic E-state index is 12.6. The summed E-state index contributed by atoms with van der Waals surface area (Å²) in [4.78, 5) is 13.3. The lowest BCUT2D eigenvalue weighted by molar-refractivity contribution is -0.129. The molecule has 0 fully saturated rings. The highest BCUT2D eigenvalue weighted by molar-refractivity contribution is 8.13. The van der Waals surface area contributed by atoms with Crippen LogP contribution in [0.5, 0.6) is 5.75 Å². The first-order valence-corrected chi connectivity index (χ1v) is 11.1. The zero-order valence-corrected chi connectivity index (χ0v) is 17.3. The fraction of sp³-hybridized carbons (Fsp3) is 0.500. The molecule has 0 aliphatic carbocycles. The number of carbonyl (C=O) groups is 1. The Morgan fingerprint density at radius 3 is 2.85 bits per heavy atom. The van der Waals surface area contributed by atoms with E-state index in [2.05, 4.69) is 0 Å². The average Bonchev–Trinajstić information content (AvgIpc) is 2.82. The number of fused-ring (bicyclic) bond motifs is 1. The Hall–Kier alpha value is -1.51. The second-order valence-corrected chi connectivity index (χ2v) is 9.45. The summed E-state index contributed by atoms with van der Waals surface area (Å²) in [6.45, 7) is 6.26. The molecule has 1 aliphatic rings. The number of nitrogens with zero attached hydrogens (tertiary/aromatic N) is 2. The molecule has 1 unspecified atom stereocenters. The van der Waals surface area contributed by atoms with Crippen LogP contribution in [-0.2, 0) is 21.4 Å². The van der Waals surface area contributed by atoms with E-state index in [1.807, 2.05) is 38.1 Å². The summed E-state index contributed by atoms with van der Waals surface area (Å²) in [6, 6.07) is 5.62. The number of carbonyl (C=O) groups excluding carboxylic acids is 1. The molecule has 8 heteroatoms. The highest BCUT2D eigenvalue weighted by Gasteiger charge is 2.26. The monoisotopic (exact) mass is 398 g/mol. The van der Waals surface area contributed by atoms with Crippen LogP contribution in [0, 0.1) is 0 Å². The first-order chi connectivity index (χ1) is 12.3. The molecule has 1 aromatic rings. The number of hydrogen-bond donors (Lipinski definition) is 0. The number of ether oxygens (including phenoxy) is 1. The first kappa shape index (κ1) is 20.8. The summed E-state index contributed by atoms with van der Waals surface area (Å²) in [6.07, 6.45) is 1.82. The lowest BCUT2D eigenvalue weighted by Gasteiger charge is -2.25. The van der Waals surface area contributed by atoms with Gasteiger partial charge in [-0.25, -0.2) is 8.42 Å². The first-order valence-electron chi connectivity index (χ1n) is 8.46. The molecule has 0 radical (unpaired) electrons. The Morgan fingerprint density at radius 2 is 2.19 bits per heavy atom. The molecule has 1 aliphatic heterocycles. The van der Waals surface area contributed by atoms with Gasteiger partial charge in [0.15, 0.2) is 0 Å². The molecule has 0 aromatic heterocycles. The van der Waals surface area contributed by atoms with Gasteiger partial charge in [0.05, 0.1) is 6.04 Å². The van der Waals surface area contributed by atoms with E-state index in [1.54, 1.807) is 17.4 Å².